The first-order chi connectivity index (χ1) is 15.9. The predicted octanol–water partition coefficient (Wildman–Crippen LogP) is 4.79. The molecular formula is C26H34N6O. The van der Waals surface area contributed by atoms with Crippen molar-refractivity contribution in [2.24, 2.45) is 0 Å². The fraction of sp³-hybridized carbons (Fsp3) is 0.423. The van der Waals surface area contributed by atoms with Crippen LogP contribution in [0.2, 0.25) is 0 Å². The first-order valence-corrected chi connectivity index (χ1v) is 11.7. The monoisotopic (exact) mass is 446 g/mol. The molecule has 7 nitrogen and oxygen atoms in total. The van der Waals surface area contributed by atoms with E-state index in [-0.39, 0.29) is 18.1 Å². The van der Waals surface area contributed by atoms with Crippen molar-refractivity contribution >= 4 is 28.4 Å². The molecule has 1 saturated carbocycles. The first-order valence-electron chi connectivity index (χ1n) is 11.7. The van der Waals surface area contributed by atoms with Gasteiger partial charge in [0.2, 0.25) is 0 Å². The SMILES string of the molecule is Cc1nc(N[C@H]2CC[C@@H](NC(=O)NC(C)c3cccc4ccccc34)CC2)cc(N(C)C)n1. The predicted molar refractivity (Wildman–Crippen MR) is 135 cm³/mol. The quantitative estimate of drug-likeness (QED) is 0.507. The summed E-state index contributed by atoms with van der Waals surface area (Å²) in [5, 5.41) is 12.2. The first kappa shape index (κ1) is 22.8. The topological polar surface area (TPSA) is 82.2 Å². The van der Waals surface area contributed by atoms with Crippen LogP contribution in [0.1, 0.15) is 50.0 Å². The average molecular weight is 447 g/mol. The van der Waals surface area contributed by atoms with Gasteiger partial charge in [-0.05, 0) is 55.9 Å². The van der Waals surface area contributed by atoms with Crippen LogP contribution in [0, 0.1) is 6.92 Å². The molecule has 1 aliphatic carbocycles. The number of amides is 2. The normalized spacial score (nSPS) is 19.0. The number of hydrogen-bond donors (Lipinski definition) is 3. The molecule has 3 aromatic rings. The number of benzene rings is 2. The van der Waals surface area contributed by atoms with E-state index in [2.05, 4.69) is 50.2 Å². The van der Waals surface area contributed by atoms with E-state index in [1.165, 1.54) is 10.8 Å². The van der Waals surface area contributed by atoms with Crippen molar-refractivity contribution in [1.29, 1.82) is 0 Å². The molecule has 0 spiro atoms. The van der Waals surface area contributed by atoms with Gasteiger partial charge < -0.3 is 20.9 Å². The molecule has 33 heavy (non-hydrogen) atoms. The van der Waals surface area contributed by atoms with E-state index in [0.29, 0.717) is 6.04 Å². The van der Waals surface area contributed by atoms with Crippen molar-refractivity contribution in [3.63, 3.8) is 0 Å². The molecule has 0 aliphatic heterocycles. The lowest BCUT2D eigenvalue weighted by Crippen LogP contribution is -2.45. The van der Waals surface area contributed by atoms with E-state index in [1.807, 2.05) is 57.1 Å². The molecule has 2 aromatic carbocycles. The standard InChI is InChI=1S/C26H34N6O/c1-17(22-11-7-9-19-8-5-6-10-23(19)22)27-26(33)31-21-14-12-20(13-15-21)30-24-16-25(32(3)4)29-18(2)28-24/h5-11,16-17,20-21H,12-15H2,1-4H3,(H2,27,31,33)(H,28,29,30)/t17?,20-,21+. The van der Waals surface area contributed by atoms with Gasteiger partial charge in [-0.25, -0.2) is 14.8 Å². The van der Waals surface area contributed by atoms with Crippen LogP contribution >= 0.6 is 0 Å². The highest BCUT2D eigenvalue weighted by atomic mass is 16.2. The fourth-order valence-corrected chi connectivity index (χ4v) is 4.58. The van der Waals surface area contributed by atoms with Gasteiger partial charge >= 0.3 is 6.03 Å². The van der Waals surface area contributed by atoms with Crippen molar-refractivity contribution in [2.75, 3.05) is 24.3 Å². The zero-order valence-corrected chi connectivity index (χ0v) is 19.9. The van der Waals surface area contributed by atoms with Gasteiger partial charge in [0.05, 0.1) is 6.04 Å². The third-order valence-electron chi connectivity index (χ3n) is 6.33. The molecule has 1 fully saturated rings. The zero-order valence-electron chi connectivity index (χ0n) is 19.9. The maximum absolute atomic E-state index is 12.7. The van der Waals surface area contributed by atoms with Gasteiger partial charge in [0, 0.05) is 32.2 Å². The Hall–Kier alpha value is -3.35. The lowest BCUT2D eigenvalue weighted by atomic mass is 9.91. The van der Waals surface area contributed by atoms with Crippen LogP contribution < -0.4 is 20.9 Å². The van der Waals surface area contributed by atoms with Gasteiger partial charge in [0.25, 0.3) is 0 Å². The molecule has 4 rings (SSSR count). The van der Waals surface area contributed by atoms with E-state index in [9.17, 15) is 4.79 Å². The number of rotatable bonds is 6. The van der Waals surface area contributed by atoms with E-state index in [1.54, 1.807) is 0 Å². The summed E-state index contributed by atoms with van der Waals surface area (Å²) in [6, 6.07) is 16.9. The Balaban J connectivity index is 1.28. The summed E-state index contributed by atoms with van der Waals surface area (Å²) in [7, 11) is 3.96. The number of anilines is 2. The largest absolute Gasteiger partial charge is 0.367 e. The van der Waals surface area contributed by atoms with Gasteiger partial charge in [0.15, 0.2) is 0 Å². The molecule has 3 N–H and O–H groups in total. The maximum Gasteiger partial charge on any atom is 0.315 e. The minimum Gasteiger partial charge on any atom is -0.367 e. The molecule has 1 atom stereocenters. The van der Waals surface area contributed by atoms with Crippen molar-refractivity contribution in [2.45, 2.75) is 57.7 Å². The number of urea groups is 1. The second-order valence-corrected chi connectivity index (χ2v) is 9.15. The summed E-state index contributed by atoms with van der Waals surface area (Å²) in [6.45, 7) is 3.95. The molecular weight excluding hydrogens is 412 g/mol. The summed E-state index contributed by atoms with van der Waals surface area (Å²) < 4.78 is 0. The lowest BCUT2D eigenvalue weighted by Gasteiger charge is -2.30. The van der Waals surface area contributed by atoms with E-state index in [0.717, 1.165) is 48.7 Å². The highest BCUT2D eigenvalue weighted by Gasteiger charge is 2.23. The molecule has 174 valence electrons. The molecule has 1 aromatic heterocycles. The van der Waals surface area contributed by atoms with E-state index in [4.69, 9.17) is 0 Å². The van der Waals surface area contributed by atoms with Gasteiger partial charge in [-0.1, -0.05) is 42.5 Å². The molecule has 2 amide bonds. The van der Waals surface area contributed by atoms with Crippen LogP contribution in [0.5, 0.6) is 0 Å². The fourth-order valence-electron chi connectivity index (χ4n) is 4.58. The van der Waals surface area contributed by atoms with Gasteiger partial charge in [-0.3, -0.25) is 0 Å². The Morgan fingerprint density at radius 3 is 2.45 bits per heavy atom. The van der Waals surface area contributed by atoms with Crippen LogP contribution in [0.25, 0.3) is 10.8 Å². The number of nitrogens with one attached hydrogen (secondary N) is 3. The number of nitrogens with zero attached hydrogens (tertiary/aromatic N) is 3. The zero-order chi connectivity index (χ0) is 23.4. The Labute approximate surface area is 196 Å². The number of carbonyl (C=O) groups is 1. The highest BCUT2D eigenvalue weighted by molar-refractivity contribution is 5.86. The van der Waals surface area contributed by atoms with Crippen molar-refractivity contribution in [1.82, 2.24) is 20.6 Å². The van der Waals surface area contributed by atoms with Gasteiger partial charge in [-0.15, -0.1) is 0 Å². The summed E-state index contributed by atoms with van der Waals surface area (Å²) in [6.07, 6.45) is 3.87. The summed E-state index contributed by atoms with van der Waals surface area (Å²) in [5.41, 5.74) is 1.13. The molecule has 0 bridgehead atoms. The number of aryl methyl sites for hydroxylation is 1. The van der Waals surface area contributed by atoms with Gasteiger partial charge in [-0.2, -0.15) is 0 Å². The second-order valence-electron chi connectivity index (χ2n) is 9.15. The second kappa shape index (κ2) is 10.1. The lowest BCUT2D eigenvalue weighted by molar-refractivity contribution is 0.229. The third kappa shape index (κ3) is 5.72. The molecule has 7 heteroatoms. The van der Waals surface area contributed by atoms with Crippen LogP contribution in [0.4, 0.5) is 16.4 Å². The third-order valence-corrected chi connectivity index (χ3v) is 6.33. The Morgan fingerprint density at radius 2 is 1.70 bits per heavy atom. The van der Waals surface area contributed by atoms with Crippen molar-refractivity contribution in [3.05, 3.63) is 59.9 Å². The van der Waals surface area contributed by atoms with Crippen LogP contribution in [0.15, 0.2) is 48.5 Å². The maximum atomic E-state index is 12.7. The van der Waals surface area contributed by atoms with E-state index >= 15 is 0 Å². The number of hydrogen-bond acceptors (Lipinski definition) is 5. The smallest absolute Gasteiger partial charge is 0.315 e. The van der Waals surface area contributed by atoms with Crippen LogP contribution in [0.3, 0.4) is 0 Å². The Kier molecular flexibility index (Phi) is 6.96. The number of carbonyl (C=O) groups excluding carboxylic acids is 1. The number of aromatic nitrogens is 2. The highest BCUT2D eigenvalue weighted by Crippen LogP contribution is 2.25. The molecule has 0 radical (unpaired) electrons. The Morgan fingerprint density at radius 1 is 1.00 bits per heavy atom. The minimum atomic E-state index is -0.103. The summed E-state index contributed by atoms with van der Waals surface area (Å²) >= 11 is 0. The van der Waals surface area contributed by atoms with Crippen molar-refractivity contribution in [3.8, 4) is 0 Å². The van der Waals surface area contributed by atoms with Crippen molar-refractivity contribution < 1.29 is 4.79 Å². The Bertz CT molecular complexity index is 1100. The summed E-state index contributed by atoms with van der Waals surface area (Å²) in [5.74, 6) is 2.53. The van der Waals surface area contributed by atoms with Crippen LogP contribution in [-0.2, 0) is 0 Å². The molecule has 1 unspecified atom stereocenters. The van der Waals surface area contributed by atoms with E-state index < -0.39 is 0 Å². The minimum absolute atomic E-state index is 0.0685. The average Bonchev–Trinajstić information content (AvgIpc) is 2.79. The molecule has 1 heterocycles. The molecule has 0 saturated heterocycles. The molecule has 1 aliphatic rings. The summed E-state index contributed by atoms with van der Waals surface area (Å²) in [4.78, 5) is 23.7. The van der Waals surface area contributed by atoms with Gasteiger partial charge in [0.1, 0.15) is 17.5 Å². The van der Waals surface area contributed by atoms with Crippen LogP contribution in [-0.4, -0.2) is 42.2 Å². The number of fused-ring (bicyclic) bond motifs is 1.